The predicted molar refractivity (Wildman–Crippen MR) is 71.6 cm³/mol. The summed E-state index contributed by atoms with van der Waals surface area (Å²) in [6.07, 6.45) is 0. The topological polar surface area (TPSA) is 38.3 Å². The first-order valence-electron chi connectivity index (χ1n) is 6.17. The normalized spacial score (nSPS) is 9.29. The number of nitrogens with one attached hydrogen (secondary N) is 1. The Labute approximate surface area is 104 Å². The van der Waals surface area contributed by atoms with E-state index in [9.17, 15) is 4.79 Å². The first-order chi connectivity index (χ1) is 8.13. The fourth-order valence-corrected chi connectivity index (χ4v) is 1.21. The molecule has 1 aromatic carbocycles. The lowest BCUT2D eigenvalue weighted by Crippen LogP contribution is -2.29. The molecule has 1 aromatic rings. The van der Waals surface area contributed by atoms with Crippen molar-refractivity contribution in [2.75, 3.05) is 6.61 Å². The summed E-state index contributed by atoms with van der Waals surface area (Å²) in [5.41, 5.74) is 0.659. The molecule has 0 unspecified atom stereocenters. The smallest absolute Gasteiger partial charge is 0.251 e. The van der Waals surface area contributed by atoms with Crippen LogP contribution in [0.3, 0.4) is 0 Å². The summed E-state index contributed by atoms with van der Waals surface area (Å²) >= 11 is 0. The number of ether oxygens (including phenoxy) is 1. The molecule has 17 heavy (non-hydrogen) atoms. The van der Waals surface area contributed by atoms with Crippen molar-refractivity contribution in [3.63, 3.8) is 0 Å². The molecule has 0 spiro atoms. The summed E-state index contributed by atoms with van der Waals surface area (Å²) < 4.78 is 5.29. The number of hydrogen-bond donors (Lipinski definition) is 1. The summed E-state index contributed by atoms with van der Waals surface area (Å²) in [5.74, 6) is 0.742. The van der Waals surface area contributed by atoms with E-state index in [4.69, 9.17) is 4.74 Å². The first kappa shape index (κ1) is 15.5. The molecule has 96 valence electrons. The van der Waals surface area contributed by atoms with E-state index in [2.05, 4.69) is 5.32 Å². The van der Waals surface area contributed by atoms with Crippen molar-refractivity contribution >= 4 is 5.91 Å². The highest BCUT2D eigenvalue weighted by molar-refractivity contribution is 5.94. The van der Waals surface area contributed by atoms with Crippen molar-refractivity contribution in [1.82, 2.24) is 5.32 Å². The molecule has 0 aliphatic carbocycles. The maximum absolute atomic E-state index is 11.6. The molecule has 0 heterocycles. The molecule has 3 heteroatoms. The van der Waals surface area contributed by atoms with Gasteiger partial charge in [0.15, 0.2) is 0 Å². The number of rotatable bonds is 4. The van der Waals surface area contributed by atoms with Crippen molar-refractivity contribution in [2.45, 2.75) is 40.7 Å². The zero-order valence-electron chi connectivity index (χ0n) is 11.4. The van der Waals surface area contributed by atoms with E-state index in [1.807, 2.05) is 34.6 Å². The van der Waals surface area contributed by atoms with Crippen LogP contribution >= 0.6 is 0 Å². The van der Waals surface area contributed by atoms with E-state index in [0.717, 1.165) is 5.75 Å². The number of carbonyl (C=O) groups is 1. The van der Waals surface area contributed by atoms with Gasteiger partial charge in [-0.25, -0.2) is 0 Å². The summed E-state index contributed by atoms with van der Waals surface area (Å²) in [6.45, 7) is 10.4. The van der Waals surface area contributed by atoms with Gasteiger partial charge in [-0.2, -0.15) is 0 Å². The van der Waals surface area contributed by atoms with Gasteiger partial charge in [0.2, 0.25) is 0 Å². The van der Waals surface area contributed by atoms with Gasteiger partial charge in [-0.3, -0.25) is 4.79 Å². The fourth-order valence-electron chi connectivity index (χ4n) is 1.21. The summed E-state index contributed by atoms with van der Waals surface area (Å²) in [5, 5.41) is 2.83. The van der Waals surface area contributed by atoms with Crippen LogP contribution in [0.5, 0.6) is 5.75 Å². The molecule has 3 nitrogen and oxygen atoms in total. The molecule has 1 amide bonds. The van der Waals surface area contributed by atoms with Crippen LogP contribution in [0.4, 0.5) is 0 Å². The summed E-state index contributed by atoms with van der Waals surface area (Å²) in [7, 11) is 0. The molecule has 0 aliphatic rings. The van der Waals surface area contributed by atoms with Crippen LogP contribution in [0.1, 0.15) is 45.0 Å². The quantitative estimate of drug-likeness (QED) is 0.873. The molecule has 0 saturated carbocycles. The minimum absolute atomic E-state index is 0.0481. The Morgan fingerprint density at radius 3 is 2.18 bits per heavy atom. The number of benzene rings is 1. The minimum atomic E-state index is -0.0481. The molecule has 0 aliphatic heterocycles. The fraction of sp³-hybridized carbons (Fsp3) is 0.500. The summed E-state index contributed by atoms with van der Waals surface area (Å²) in [4.78, 5) is 11.6. The Balaban J connectivity index is 0.00000121. The van der Waals surface area contributed by atoms with Gasteiger partial charge in [0.25, 0.3) is 5.91 Å². The number of hydrogen-bond acceptors (Lipinski definition) is 2. The van der Waals surface area contributed by atoms with Crippen molar-refractivity contribution < 1.29 is 9.53 Å². The lowest BCUT2D eigenvalue weighted by Gasteiger charge is -2.08. The van der Waals surface area contributed by atoms with Crippen LogP contribution < -0.4 is 10.1 Å². The van der Waals surface area contributed by atoms with Gasteiger partial charge in [0.05, 0.1) is 6.61 Å². The molecule has 0 saturated heterocycles. The Morgan fingerprint density at radius 1 is 1.24 bits per heavy atom. The SMILES string of the molecule is CC.CCOc1ccc(C(=O)NC(C)C)cc1. The number of carbonyl (C=O) groups excluding carboxylic acids is 1. The Morgan fingerprint density at radius 2 is 1.76 bits per heavy atom. The molecule has 0 aromatic heterocycles. The van der Waals surface area contributed by atoms with Gasteiger partial charge in [-0.1, -0.05) is 13.8 Å². The Hall–Kier alpha value is -1.51. The third-order valence-corrected chi connectivity index (χ3v) is 1.85. The molecular formula is C14H23NO2. The van der Waals surface area contributed by atoms with E-state index in [0.29, 0.717) is 12.2 Å². The van der Waals surface area contributed by atoms with Crippen molar-refractivity contribution in [3.8, 4) is 5.75 Å². The van der Waals surface area contributed by atoms with E-state index in [1.165, 1.54) is 0 Å². The Bertz CT molecular complexity index is 317. The van der Waals surface area contributed by atoms with Gasteiger partial charge in [0, 0.05) is 11.6 Å². The zero-order chi connectivity index (χ0) is 13.3. The van der Waals surface area contributed by atoms with Gasteiger partial charge >= 0.3 is 0 Å². The van der Waals surface area contributed by atoms with E-state index < -0.39 is 0 Å². The maximum atomic E-state index is 11.6. The second-order valence-electron chi connectivity index (χ2n) is 3.59. The van der Waals surface area contributed by atoms with E-state index in [-0.39, 0.29) is 11.9 Å². The second-order valence-corrected chi connectivity index (χ2v) is 3.59. The highest BCUT2D eigenvalue weighted by atomic mass is 16.5. The molecule has 1 rings (SSSR count). The third-order valence-electron chi connectivity index (χ3n) is 1.85. The average Bonchev–Trinajstić information content (AvgIpc) is 2.32. The summed E-state index contributed by atoms with van der Waals surface area (Å²) in [6, 6.07) is 7.30. The molecule has 0 bridgehead atoms. The van der Waals surface area contributed by atoms with Gasteiger partial charge < -0.3 is 10.1 Å². The van der Waals surface area contributed by atoms with E-state index >= 15 is 0 Å². The highest BCUT2D eigenvalue weighted by Gasteiger charge is 2.06. The lowest BCUT2D eigenvalue weighted by molar-refractivity contribution is 0.0943. The minimum Gasteiger partial charge on any atom is -0.494 e. The lowest BCUT2D eigenvalue weighted by atomic mass is 10.2. The van der Waals surface area contributed by atoms with Gasteiger partial charge in [-0.05, 0) is 45.0 Å². The third kappa shape index (κ3) is 5.95. The zero-order valence-corrected chi connectivity index (χ0v) is 11.4. The predicted octanol–water partition coefficient (Wildman–Crippen LogP) is 3.25. The highest BCUT2D eigenvalue weighted by Crippen LogP contribution is 2.11. The van der Waals surface area contributed by atoms with Crippen LogP contribution in [0.15, 0.2) is 24.3 Å². The first-order valence-corrected chi connectivity index (χ1v) is 6.17. The largest absolute Gasteiger partial charge is 0.494 e. The van der Waals surface area contributed by atoms with Crippen LogP contribution in [-0.2, 0) is 0 Å². The van der Waals surface area contributed by atoms with Crippen molar-refractivity contribution in [2.24, 2.45) is 0 Å². The van der Waals surface area contributed by atoms with Gasteiger partial charge in [0.1, 0.15) is 5.75 Å². The number of amides is 1. The maximum Gasteiger partial charge on any atom is 0.251 e. The Kier molecular flexibility index (Phi) is 7.85. The van der Waals surface area contributed by atoms with Crippen molar-refractivity contribution in [3.05, 3.63) is 29.8 Å². The average molecular weight is 237 g/mol. The molecule has 0 radical (unpaired) electrons. The van der Waals surface area contributed by atoms with Crippen molar-refractivity contribution in [1.29, 1.82) is 0 Å². The second kappa shape index (κ2) is 8.62. The molecule has 0 atom stereocenters. The molecular weight excluding hydrogens is 214 g/mol. The van der Waals surface area contributed by atoms with Gasteiger partial charge in [-0.15, -0.1) is 0 Å². The van der Waals surface area contributed by atoms with Crippen LogP contribution in [0.25, 0.3) is 0 Å². The standard InChI is InChI=1S/C12H17NO2.C2H6/c1-4-15-11-7-5-10(6-8-11)12(14)13-9(2)3;1-2/h5-9H,4H2,1-3H3,(H,13,14);1-2H3. The molecule has 1 N–H and O–H groups in total. The molecule has 0 fully saturated rings. The van der Waals surface area contributed by atoms with Crippen LogP contribution in [0.2, 0.25) is 0 Å². The van der Waals surface area contributed by atoms with Crippen LogP contribution in [-0.4, -0.2) is 18.6 Å². The van der Waals surface area contributed by atoms with Crippen LogP contribution in [0, 0.1) is 0 Å². The monoisotopic (exact) mass is 237 g/mol. The van der Waals surface area contributed by atoms with E-state index in [1.54, 1.807) is 24.3 Å².